The maximum atomic E-state index is 10.8. The fourth-order valence-corrected chi connectivity index (χ4v) is 3.87. The van der Waals surface area contributed by atoms with Crippen LogP contribution in [0.25, 0.3) is 6.08 Å². The van der Waals surface area contributed by atoms with Crippen LogP contribution in [0.3, 0.4) is 0 Å². The summed E-state index contributed by atoms with van der Waals surface area (Å²) in [5, 5.41) is 22.0. The molecule has 0 saturated carbocycles. The van der Waals surface area contributed by atoms with E-state index in [1.165, 1.54) is 24.0 Å². The van der Waals surface area contributed by atoms with E-state index in [1.807, 2.05) is 38.1 Å². The third-order valence-electron chi connectivity index (χ3n) is 5.65. The molecule has 1 aliphatic carbocycles. The summed E-state index contributed by atoms with van der Waals surface area (Å²) >= 11 is 0. The van der Waals surface area contributed by atoms with Gasteiger partial charge in [-0.25, -0.2) is 4.79 Å². The van der Waals surface area contributed by atoms with Crippen LogP contribution in [0.4, 0.5) is 4.79 Å². The molecule has 0 fully saturated rings. The van der Waals surface area contributed by atoms with Crippen LogP contribution >= 0.6 is 0 Å². The number of rotatable bonds is 6. The van der Waals surface area contributed by atoms with E-state index in [0.717, 1.165) is 17.5 Å². The topological polar surface area (TPSA) is 69.6 Å². The van der Waals surface area contributed by atoms with Gasteiger partial charge in [-0.15, -0.1) is 0 Å². The highest BCUT2D eigenvalue weighted by Crippen LogP contribution is 2.41. The quantitative estimate of drug-likeness (QED) is 0.614. The van der Waals surface area contributed by atoms with Crippen molar-refractivity contribution in [3.8, 4) is 0 Å². The van der Waals surface area contributed by atoms with Gasteiger partial charge in [0.25, 0.3) is 0 Å². The molecule has 1 aliphatic rings. The Labute approximate surface area is 163 Å². The summed E-state index contributed by atoms with van der Waals surface area (Å²) in [5.41, 5.74) is 4.29. The minimum atomic E-state index is -1.08. The smallest absolute Gasteiger partial charge is 0.404 e. The second kappa shape index (κ2) is 8.30. The van der Waals surface area contributed by atoms with Gasteiger partial charge in [0.15, 0.2) is 0 Å². The molecule has 3 N–H and O–H groups in total. The fraction of sp³-hybridized carbons (Fsp3) is 0.522. The molecule has 4 nitrogen and oxygen atoms in total. The maximum absolute atomic E-state index is 10.8. The Morgan fingerprint density at radius 3 is 2.67 bits per heavy atom. The van der Waals surface area contributed by atoms with E-state index in [0.29, 0.717) is 0 Å². The number of carboxylic acid groups (broad SMARTS) is 1. The van der Waals surface area contributed by atoms with Crippen molar-refractivity contribution in [1.29, 1.82) is 0 Å². The van der Waals surface area contributed by atoms with Gasteiger partial charge in [0.2, 0.25) is 0 Å². The van der Waals surface area contributed by atoms with Gasteiger partial charge in [0.1, 0.15) is 0 Å². The summed E-state index contributed by atoms with van der Waals surface area (Å²) in [6, 6.07) is 7.84. The van der Waals surface area contributed by atoms with Gasteiger partial charge in [-0.05, 0) is 54.4 Å². The molecule has 0 radical (unpaired) electrons. The summed E-state index contributed by atoms with van der Waals surface area (Å²) in [5.74, 6) is 0. The number of carbonyl (C=O) groups is 1. The first kappa shape index (κ1) is 21.2. The van der Waals surface area contributed by atoms with E-state index in [4.69, 9.17) is 5.11 Å². The summed E-state index contributed by atoms with van der Waals surface area (Å²) < 4.78 is 0. The Hall–Kier alpha value is -2.07. The standard InChI is InChI=1S/C23H33NO3/c1-16-8-7-13-22(2,3)19(16)12-11-17-9-6-10-18(14-17)20(25)23(4,5)15-24-21(26)27/h6,9-12,14,20,24-25H,7-8,13,15H2,1-5H3,(H,26,27)/b12-11+. The van der Waals surface area contributed by atoms with Gasteiger partial charge < -0.3 is 15.5 Å². The predicted molar refractivity (Wildman–Crippen MR) is 111 cm³/mol. The van der Waals surface area contributed by atoms with Crippen LogP contribution in [0, 0.1) is 10.8 Å². The number of benzene rings is 1. The minimum absolute atomic E-state index is 0.184. The Kier molecular flexibility index (Phi) is 6.53. The lowest BCUT2D eigenvalue weighted by Crippen LogP contribution is -2.37. The third kappa shape index (κ3) is 5.46. The molecule has 0 bridgehead atoms. The first-order valence-electron chi connectivity index (χ1n) is 9.66. The van der Waals surface area contributed by atoms with Gasteiger partial charge in [-0.3, -0.25) is 0 Å². The van der Waals surface area contributed by atoms with Crippen LogP contribution in [0.2, 0.25) is 0 Å². The number of allylic oxidation sites excluding steroid dienone is 3. The van der Waals surface area contributed by atoms with E-state index in [9.17, 15) is 9.90 Å². The van der Waals surface area contributed by atoms with Crippen molar-refractivity contribution in [2.24, 2.45) is 10.8 Å². The predicted octanol–water partition coefficient (Wildman–Crippen LogP) is 5.55. The third-order valence-corrected chi connectivity index (χ3v) is 5.65. The lowest BCUT2D eigenvalue weighted by Gasteiger charge is -2.33. The average Bonchev–Trinajstić information content (AvgIpc) is 2.58. The first-order chi connectivity index (χ1) is 12.5. The van der Waals surface area contributed by atoms with Gasteiger partial charge in [-0.1, -0.05) is 63.6 Å². The van der Waals surface area contributed by atoms with E-state index in [-0.39, 0.29) is 12.0 Å². The molecule has 0 spiro atoms. The van der Waals surface area contributed by atoms with Crippen molar-refractivity contribution >= 4 is 12.2 Å². The van der Waals surface area contributed by atoms with Crippen LogP contribution in [0.1, 0.15) is 71.1 Å². The Morgan fingerprint density at radius 1 is 1.33 bits per heavy atom. The molecular weight excluding hydrogens is 338 g/mol. The number of hydrogen-bond donors (Lipinski definition) is 3. The fourth-order valence-electron chi connectivity index (χ4n) is 3.87. The van der Waals surface area contributed by atoms with Crippen molar-refractivity contribution in [3.05, 3.63) is 52.6 Å². The summed E-state index contributed by atoms with van der Waals surface area (Å²) in [6.45, 7) is 10.7. The molecule has 1 aromatic carbocycles. The summed E-state index contributed by atoms with van der Waals surface area (Å²) in [4.78, 5) is 10.8. The van der Waals surface area contributed by atoms with Crippen LogP contribution in [0.5, 0.6) is 0 Å². The van der Waals surface area contributed by atoms with Crippen LogP contribution < -0.4 is 5.32 Å². The zero-order valence-electron chi connectivity index (χ0n) is 17.2. The summed E-state index contributed by atoms with van der Waals surface area (Å²) in [7, 11) is 0. The van der Waals surface area contributed by atoms with Crippen molar-refractivity contribution in [2.45, 2.75) is 60.0 Å². The first-order valence-corrected chi connectivity index (χ1v) is 9.66. The second-order valence-electron chi connectivity index (χ2n) is 8.98. The number of hydrogen-bond acceptors (Lipinski definition) is 2. The molecule has 0 heterocycles. The molecule has 2 rings (SSSR count). The number of aliphatic hydroxyl groups excluding tert-OH is 1. The molecule has 4 heteroatoms. The van der Waals surface area contributed by atoms with E-state index in [1.54, 1.807) is 0 Å². The summed E-state index contributed by atoms with van der Waals surface area (Å²) in [6.07, 6.45) is 6.11. The highest BCUT2D eigenvalue weighted by atomic mass is 16.4. The second-order valence-corrected chi connectivity index (χ2v) is 8.98. The van der Waals surface area contributed by atoms with Gasteiger partial charge >= 0.3 is 6.09 Å². The minimum Gasteiger partial charge on any atom is -0.465 e. The molecule has 0 saturated heterocycles. The van der Waals surface area contributed by atoms with Gasteiger partial charge in [0, 0.05) is 12.0 Å². The highest BCUT2D eigenvalue weighted by molar-refractivity contribution is 5.64. The van der Waals surface area contributed by atoms with Crippen molar-refractivity contribution < 1.29 is 15.0 Å². The molecule has 1 amide bonds. The molecule has 0 aromatic heterocycles. The Bertz CT molecular complexity index is 744. The van der Waals surface area contributed by atoms with E-state index in [2.05, 4.69) is 38.2 Å². The Balaban J connectivity index is 2.21. The molecule has 1 atom stereocenters. The average molecular weight is 372 g/mol. The zero-order valence-corrected chi connectivity index (χ0v) is 17.2. The molecular formula is C23H33NO3. The number of amides is 1. The van der Waals surface area contributed by atoms with Crippen molar-refractivity contribution in [3.63, 3.8) is 0 Å². The monoisotopic (exact) mass is 371 g/mol. The lowest BCUT2D eigenvalue weighted by molar-refractivity contribution is 0.0494. The largest absolute Gasteiger partial charge is 0.465 e. The Morgan fingerprint density at radius 2 is 2.04 bits per heavy atom. The lowest BCUT2D eigenvalue weighted by atomic mass is 9.72. The normalized spacial score (nSPS) is 18.6. The van der Waals surface area contributed by atoms with E-state index < -0.39 is 17.6 Å². The van der Waals surface area contributed by atoms with E-state index >= 15 is 0 Å². The molecule has 1 unspecified atom stereocenters. The van der Waals surface area contributed by atoms with Crippen molar-refractivity contribution in [2.75, 3.05) is 6.54 Å². The van der Waals surface area contributed by atoms with Crippen molar-refractivity contribution in [1.82, 2.24) is 5.32 Å². The molecule has 0 aliphatic heterocycles. The SMILES string of the molecule is CC1=C(/C=C/c2cccc(C(O)C(C)(C)CNC(=O)O)c2)C(C)(C)CCC1. The van der Waals surface area contributed by atoms with Gasteiger partial charge in [-0.2, -0.15) is 0 Å². The highest BCUT2D eigenvalue weighted by Gasteiger charge is 2.30. The maximum Gasteiger partial charge on any atom is 0.404 e. The molecule has 27 heavy (non-hydrogen) atoms. The van der Waals surface area contributed by atoms with Crippen LogP contribution in [-0.4, -0.2) is 22.9 Å². The van der Waals surface area contributed by atoms with Crippen LogP contribution in [-0.2, 0) is 0 Å². The van der Waals surface area contributed by atoms with Crippen LogP contribution in [0.15, 0.2) is 41.5 Å². The molecule has 1 aromatic rings. The number of nitrogens with one attached hydrogen (secondary N) is 1. The van der Waals surface area contributed by atoms with Gasteiger partial charge in [0.05, 0.1) is 6.10 Å². The zero-order chi connectivity index (χ0) is 20.2. The molecule has 148 valence electrons. The number of aliphatic hydroxyl groups is 1.